The fourth-order valence-corrected chi connectivity index (χ4v) is 18.2. The van der Waals surface area contributed by atoms with Gasteiger partial charge in [-0.25, -0.2) is 0 Å². The van der Waals surface area contributed by atoms with Crippen LogP contribution in [0.2, 0.25) is 6.55 Å². The van der Waals surface area contributed by atoms with Crippen LogP contribution in [-0.4, -0.2) is 12.6 Å². The molecule has 0 radical (unpaired) electrons. The number of amides is 1. The summed E-state index contributed by atoms with van der Waals surface area (Å²) in [6.07, 6.45) is 9.90. The first-order valence-corrected chi connectivity index (χ1v) is 18.6. The molecule has 2 nitrogen and oxygen atoms in total. The Bertz CT molecular complexity index is 791. The number of carbonyl (C=O) groups is 1. The summed E-state index contributed by atoms with van der Waals surface area (Å²) in [5, 5.41) is 1.51. The van der Waals surface area contributed by atoms with Gasteiger partial charge in [0.15, 0.2) is 0 Å². The van der Waals surface area contributed by atoms with Crippen molar-refractivity contribution in [3.8, 4) is 0 Å². The standard InChI is InChI=1S/C10H19NO.C9H13.C7H9Si.Ti/c11-10(12)9-7-5-3-1-2-4-6-8-9;1-6-5-7(2)9(4)8(6)3;1-8-7-5-3-2-4-6-7;/h9H,1-8H2,(H2,11,12);6H,1-4H3;2-6,8H,1H3;/q;;;+1/p-1. The number of benzene rings is 1. The van der Waals surface area contributed by atoms with Gasteiger partial charge in [0.25, 0.3) is 0 Å². The molecule has 2 atom stereocenters. The summed E-state index contributed by atoms with van der Waals surface area (Å²) in [4.78, 5) is 13.6. The molecule has 1 saturated carbocycles. The van der Waals surface area contributed by atoms with Crippen molar-refractivity contribution in [3.63, 3.8) is 0 Å². The molecular weight excluding hydrogens is 418 g/mol. The van der Waals surface area contributed by atoms with Gasteiger partial charge in [-0.2, -0.15) is 0 Å². The Kier molecular flexibility index (Phi) is 8.80. The molecule has 4 heteroatoms. The summed E-state index contributed by atoms with van der Waals surface area (Å²) >= 11 is -1.94. The third-order valence-corrected chi connectivity index (χ3v) is 20.4. The zero-order valence-corrected chi connectivity index (χ0v) is 22.4. The van der Waals surface area contributed by atoms with E-state index in [0.717, 1.165) is 12.8 Å². The molecule has 0 aromatic heterocycles. The van der Waals surface area contributed by atoms with E-state index in [1.165, 1.54) is 60.4 Å². The summed E-state index contributed by atoms with van der Waals surface area (Å²) in [6, 6.07) is 11.1. The summed E-state index contributed by atoms with van der Waals surface area (Å²) in [6.45, 7) is 10.5. The first-order chi connectivity index (χ1) is 14.4. The zero-order chi connectivity index (χ0) is 21.7. The monoisotopic (exact) mass is 458 g/mol. The molecule has 0 heterocycles. The number of hydrogen-bond acceptors (Lipinski definition) is 1. The van der Waals surface area contributed by atoms with Crippen LogP contribution in [0.3, 0.4) is 0 Å². The topological polar surface area (TPSA) is 29.1 Å². The third kappa shape index (κ3) is 5.47. The molecule has 30 heavy (non-hydrogen) atoms. The van der Waals surface area contributed by atoms with E-state index in [0.29, 0.717) is 11.8 Å². The molecule has 2 aliphatic rings. The predicted molar refractivity (Wildman–Crippen MR) is 128 cm³/mol. The van der Waals surface area contributed by atoms with Crippen LogP contribution >= 0.6 is 0 Å². The Morgan fingerprint density at radius 3 is 2.03 bits per heavy atom. The normalized spacial score (nSPS) is 22.4. The average molecular weight is 459 g/mol. The number of nitrogens with one attached hydrogen (secondary N) is 1. The maximum atomic E-state index is 13.6. The molecule has 1 aromatic rings. The summed E-state index contributed by atoms with van der Waals surface area (Å²) in [5.74, 6) is 1.12. The quantitative estimate of drug-likeness (QED) is 0.547. The third-order valence-electron chi connectivity index (χ3n) is 7.65. The summed E-state index contributed by atoms with van der Waals surface area (Å²) < 4.78 is 5.45. The van der Waals surface area contributed by atoms with Crippen LogP contribution in [0.25, 0.3) is 0 Å². The van der Waals surface area contributed by atoms with Gasteiger partial charge in [0.05, 0.1) is 0 Å². The minimum absolute atomic E-state index is 0.232. The fourth-order valence-electron chi connectivity index (χ4n) is 5.25. The first kappa shape index (κ1) is 23.8. The van der Waals surface area contributed by atoms with E-state index in [9.17, 15) is 4.79 Å². The van der Waals surface area contributed by atoms with Gasteiger partial charge in [-0.3, -0.25) is 0 Å². The van der Waals surface area contributed by atoms with Crippen LogP contribution in [0.4, 0.5) is 0 Å². The Morgan fingerprint density at radius 1 is 0.933 bits per heavy atom. The van der Waals surface area contributed by atoms with E-state index in [4.69, 9.17) is 0 Å². The van der Waals surface area contributed by atoms with Gasteiger partial charge in [-0.05, 0) is 0 Å². The van der Waals surface area contributed by atoms with E-state index >= 15 is 0 Å². The molecule has 3 rings (SSSR count). The molecule has 163 valence electrons. The molecule has 1 fully saturated rings. The predicted octanol–water partition coefficient (Wildman–Crippen LogP) is 5.91. The first-order valence-electron chi connectivity index (χ1n) is 12.0. The Hall–Kier alpha value is -0.899. The van der Waals surface area contributed by atoms with Crippen LogP contribution in [0.1, 0.15) is 79.1 Å². The van der Waals surface area contributed by atoms with Crippen molar-refractivity contribution in [3.05, 3.63) is 50.9 Å². The van der Waals surface area contributed by atoms with Crippen LogP contribution in [-0.2, 0) is 22.2 Å². The number of carbonyl (C=O) groups excluding carboxylic acids is 1. The molecule has 1 N–H and O–H groups in total. The van der Waals surface area contributed by atoms with E-state index in [-0.39, 0.29) is 5.92 Å². The maximum absolute atomic E-state index is 13.6. The van der Waals surface area contributed by atoms with Crippen molar-refractivity contribution in [1.29, 1.82) is 0 Å². The van der Waals surface area contributed by atoms with Crippen molar-refractivity contribution in [1.82, 2.24) is 3.80 Å². The van der Waals surface area contributed by atoms with E-state index in [1.54, 1.807) is 3.88 Å². The fraction of sp³-hybridized carbons (Fsp3) is 0.577. The zero-order valence-electron chi connectivity index (χ0n) is 19.7. The summed E-state index contributed by atoms with van der Waals surface area (Å²) in [5.41, 5.74) is 4.46. The molecule has 0 aliphatic heterocycles. The Labute approximate surface area is 191 Å². The van der Waals surface area contributed by atoms with E-state index < -0.39 is 24.0 Å². The second-order valence-corrected chi connectivity index (χ2v) is 20.6. The molecule has 0 bridgehead atoms. The molecule has 1 aromatic carbocycles. The van der Waals surface area contributed by atoms with E-state index in [2.05, 4.69) is 68.4 Å². The molecule has 2 aliphatic carbocycles. The van der Waals surface area contributed by atoms with Crippen LogP contribution in [0.15, 0.2) is 50.9 Å². The van der Waals surface area contributed by atoms with Crippen molar-refractivity contribution < 1.29 is 22.2 Å². The Morgan fingerprint density at radius 2 is 1.50 bits per heavy atom. The summed E-state index contributed by atoms with van der Waals surface area (Å²) in [7, 11) is 0. The van der Waals surface area contributed by atoms with Crippen molar-refractivity contribution in [2.75, 3.05) is 0 Å². The van der Waals surface area contributed by atoms with Crippen LogP contribution < -0.4 is 8.99 Å². The van der Waals surface area contributed by atoms with Crippen LogP contribution in [0, 0.1) is 11.8 Å². The van der Waals surface area contributed by atoms with Crippen molar-refractivity contribution in [2.45, 2.75) is 85.6 Å². The van der Waals surface area contributed by atoms with Gasteiger partial charge in [-0.15, -0.1) is 0 Å². The van der Waals surface area contributed by atoms with Crippen LogP contribution in [0.5, 0.6) is 0 Å². The van der Waals surface area contributed by atoms with Gasteiger partial charge in [0.2, 0.25) is 0 Å². The van der Waals surface area contributed by atoms with Gasteiger partial charge >= 0.3 is 192 Å². The SMILES string of the molecule is CC1=C(C)C(C)[C]([Ti]([NH]C(=O)C2CCCCCCCC2)[SiH](C)c2ccccc2)=C1C. The van der Waals surface area contributed by atoms with E-state index in [1.807, 2.05) is 0 Å². The van der Waals surface area contributed by atoms with Crippen molar-refractivity contribution in [2.24, 2.45) is 11.8 Å². The minimum atomic E-state index is -1.94. The number of allylic oxidation sites excluding steroid dienone is 4. The van der Waals surface area contributed by atoms with Crippen molar-refractivity contribution >= 4 is 17.8 Å². The number of hydrogen-bond donors (Lipinski definition) is 1. The molecule has 1 amide bonds. The second-order valence-electron chi connectivity index (χ2n) is 9.50. The molecular formula is C26H40NOSiTi. The average Bonchev–Trinajstić information content (AvgIpc) is 3.04. The second kappa shape index (κ2) is 11.1. The molecule has 2 unspecified atom stereocenters. The number of rotatable bonds is 5. The van der Waals surface area contributed by atoms with Gasteiger partial charge < -0.3 is 0 Å². The van der Waals surface area contributed by atoms with Gasteiger partial charge in [-0.1, -0.05) is 0 Å². The van der Waals surface area contributed by atoms with Gasteiger partial charge in [0.1, 0.15) is 0 Å². The van der Waals surface area contributed by atoms with Gasteiger partial charge in [0, 0.05) is 0 Å². The molecule has 0 saturated heterocycles. The Balaban J connectivity index is 1.87. The molecule has 0 spiro atoms.